The van der Waals surface area contributed by atoms with Gasteiger partial charge in [0.05, 0.1) is 28.2 Å². The fourth-order valence-electron chi connectivity index (χ4n) is 7.39. The third-order valence-corrected chi connectivity index (χ3v) is 10.5. The molecule has 10 rings (SSSR count). The molecule has 0 fully saturated rings. The van der Waals surface area contributed by atoms with E-state index in [0.717, 1.165) is 44.6 Å². The molecule has 4 aromatic heterocycles. The van der Waals surface area contributed by atoms with E-state index < -0.39 is 0 Å². The molecular formula is C42H24N4S. The topological polar surface area (TPSA) is 46.5 Å². The van der Waals surface area contributed by atoms with E-state index >= 15 is 0 Å². The average Bonchev–Trinajstić information content (AvgIpc) is 3.79. The van der Waals surface area contributed by atoms with Crippen molar-refractivity contribution in [3.05, 3.63) is 151 Å². The molecule has 0 aliphatic heterocycles. The zero-order valence-corrected chi connectivity index (χ0v) is 25.9. The SMILES string of the molecule is N#Cc1cc(-c2cccc(-n3c4ncccc4c4ccc5sc6ccccc6c5c43)c2)cc(-n2c3ccccc3c3ccccc32)c1. The zero-order valence-electron chi connectivity index (χ0n) is 25.1. The van der Waals surface area contributed by atoms with E-state index in [2.05, 4.69) is 137 Å². The Morgan fingerprint density at radius 3 is 2.06 bits per heavy atom. The van der Waals surface area contributed by atoms with Crippen molar-refractivity contribution in [1.29, 1.82) is 5.26 Å². The summed E-state index contributed by atoms with van der Waals surface area (Å²) in [4.78, 5) is 4.92. The van der Waals surface area contributed by atoms with E-state index in [0.29, 0.717) is 5.56 Å². The fourth-order valence-corrected chi connectivity index (χ4v) is 8.50. The zero-order chi connectivity index (χ0) is 31.1. The largest absolute Gasteiger partial charge is 0.309 e. The van der Waals surface area contributed by atoms with Gasteiger partial charge in [-0.2, -0.15) is 5.26 Å². The number of benzene rings is 6. The molecule has 0 bridgehead atoms. The van der Waals surface area contributed by atoms with Gasteiger partial charge in [-0.3, -0.25) is 4.57 Å². The molecule has 218 valence electrons. The summed E-state index contributed by atoms with van der Waals surface area (Å²) >= 11 is 1.83. The molecule has 47 heavy (non-hydrogen) atoms. The predicted octanol–water partition coefficient (Wildman–Crippen LogP) is 11.2. The Morgan fingerprint density at radius 2 is 1.26 bits per heavy atom. The maximum Gasteiger partial charge on any atom is 0.145 e. The average molecular weight is 617 g/mol. The van der Waals surface area contributed by atoms with Crippen LogP contribution in [0.15, 0.2) is 146 Å². The minimum atomic E-state index is 0.620. The second kappa shape index (κ2) is 9.89. The van der Waals surface area contributed by atoms with Crippen LogP contribution in [0.3, 0.4) is 0 Å². The third kappa shape index (κ3) is 3.77. The van der Waals surface area contributed by atoms with Crippen LogP contribution in [0, 0.1) is 11.3 Å². The molecule has 0 aliphatic carbocycles. The predicted molar refractivity (Wildman–Crippen MR) is 196 cm³/mol. The summed E-state index contributed by atoms with van der Waals surface area (Å²) in [6, 6.07) is 51.5. The Hall–Kier alpha value is -6.22. The summed E-state index contributed by atoms with van der Waals surface area (Å²) < 4.78 is 7.13. The van der Waals surface area contributed by atoms with Crippen LogP contribution < -0.4 is 0 Å². The summed E-state index contributed by atoms with van der Waals surface area (Å²) in [5.41, 5.74) is 8.98. The molecule has 5 heteroatoms. The molecule has 0 radical (unpaired) electrons. The number of nitriles is 1. The minimum Gasteiger partial charge on any atom is -0.309 e. The minimum absolute atomic E-state index is 0.620. The van der Waals surface area contributed by atoms with Crippen LogP contribution in [0.5, 0.6) is 0 Å². The van der Waals surface area contributed by atoms with Crippen LogP contribution in [0.25, 0.3) is 86.4 Å². The molecule has 10 aromatic rings. The highest BCUT2D eigenvalue weighted by atomic mass is 32.1. The lowest BCUT2D eigenvalue weighted by molar-refractivity contribution is 1.14. The Kier molecular flexibility index (Phi) is 5.48. The highest BCUT2D eigenvalue weighted by Gasteiger charge is 2.19. The van der Waals surface area contributed by atoms with Crippen molar-refractivity contribution in [2.24, 2.45) is 0 Å². The second-order valence-electron chi connectivity index (χ2n) is 11.9. The number of rotatable bonds is 3. The first-order valence-electron chi connectivity index (χ1n) is 15.6. The van der Waals surface area contributed by atoms with Crippen LogP contribution in [0.4, 0.5) is 0 Å². The van der Waals surface area contributed by atoms with Gasteiger partial charge in [-0.25, -0.2) is 4.98 Å². The summed E-state index contributed by atoms with van der Waals surface area (Å²) in [7, 11) is 0. The molecular weight excluding hydrogens is 593 g/mol. The number of pyridine rings is 1. The summed E-state index contributed by atoms with van der Waals surface area (Å²) in [6.45, 7) is 0. The van der Waals surface area contributed by atoms with Crippen molar-refractivity contribution in [2.75, 3.05) is 0 Å². The Balaban J connectivity index is 1.23. The van der Waals surface area contributed by atoms with Gasteiger partial charge in [-0.05, 0) is 77.9 Å². The highest BCUT2D eigenvalue weighted by molar-refractivity contribution is 7.26. The van der Waals surface area contributed by atoms with Crippen LogP contribution >= 0.6 is 11.3 Å². The molecule has 6 aromatic carbocycles. The number of hydrogen-bond donors (Lipinski definition) is 0. The summed E-state index contributed by atoms with van der Waals surface area (Å²) in [5.74, 6) is 0. The summed E-state index contributed by atoms with van der Waals surface area (Å²) in [6.07, 6.45) is 1.87. The number of nitrogens with zero attached hydrogens (tertiary/aromatic N) is 4. The summed E-state index contributed by atoms with van der Waals surface area (Å²) in [5, 5.41) is 17.4. The van der Waals surface area contributed by atoms with Crippen molar-refractivity contribution in [3.63, 3.8) is 0 Å². The van der Waals surface area contributed by atoms with Crippen LogP contribution in [0.1, 0.15) is 5.56 Å². The Labute approximate surface area is 273 Å². The first kappa shape index (κ1) is 26.0. The standard InChI is InChI=1S/C42H24N4S/c43-25-26-21-28(24-30(22-26)45-36-15-4-1-11-31(36)32-12-2-5-16-37(32)45)27-9-7-10-29(23-27)46-41-33(34-14-8-20-44-42(34)46)18-19-39-40(41)35-13-3-6-17-38(35)47-39/h1-24H. The van der Waals surface area contributed by atoms with Crippen LogP contribution in [0.2, 0.25) is 0 Å². The molecule has 0 N–H and O–H groups in total. The molecule has 0 saturated heterocycles. The molecule has 0 spiro atoms. The molecule has 0 saturated carbocycles. The Bertz CT molecular complexity index is 2880. The number of para-hydroxylation sites is 2. The quantitative estimate of drug-likeness (QED) is 0.198. The molecule has 0 atom stereocenters. The van der Waals surface area contributed by atoms with E-state index in [1.165, 1.54) is 41.8 Å². The van der Waals surface area contributed by atoms with Crippen molar-refractivity contribution >= 4 is 75.3 Å². The van der Waals surface area contributed by atoms with Gasteiger partial charge in [0, 0.05) is 59.3 Å². The Morgan fingerprint density at radius 1 is 0.532 bits per heavy atom. The van der Waals surface area contributed by atoms with Crippen LogP contribution in [-0.4, -0.2) is 14.1 Å². The van der Waals surface area contributed by atoms with Gasteiger partial charge in [0.15, 0.2) is 0 Å². The van der Waals surface area contributed by atoms with E-state index in [1.807, 2.05) is 35.7 Å². The van der Waals surface area contributed by atoms with Gasteiger partial charge in [-0.15, -0.1) is 11.3 Å². The number of thiophene rings is 1. The lowest BCUT2D eigenvalue weighted by atomic mass is 10.0. The lowest BCUT2D eigenvalue weighted by Gasteiger charge is -2.13. The van der Waals surface area contributed by atoms with Gasteiger partial charge in [0.2, 0.25) is 0 Å². The van der Waals surface area contributed by atoms with Crippen molar-refractivity contribution in [3.8, 4) is 28.6 Å². The van der Waals surface area contributed by atoms with E-state index in [-0.39, 0.29) is 0 Å². The molecule has 0 aliphatic rings. The van der Waals surface area contributed by atoms with Crippen molar-refractivity contribution in [2.45, 2.75) is 0 Å². The first-order chi connectivity index (χ1) is 23.3. The van der Waals surface area contributed by atoms with Gasteiger partial charge >= 0.3 is 0 Å². The molecule has 0 unspecified atom stereocenters. The maximum absolute atomic E-state index is 10.2. The van der Waals surface area contributed by atoms with Gasteiger partial charge in [-0.1, -0.05) is 72.8 Å². The smallest absolute Gasteiger partial charge is 0.145 e. The van der Waals surface area contributed by atoms with Gasteiger partial charge < -0.3 is 4.57 Å². The van der Waals surface area contributed by atoms with Crippen molar-refractivity contribution in [1.82, 2.24) is 14.1 Å². The van der Waals surface area contributed by atoms with Crippen molar-refractivity contribution < 1.29 is 0 Å². The lowest BCUT2D eigenvalue weighted by Crippen LogP contribution is -1.98. The first-order valence-corrected chi connectivity index (χ1v) is 16.4. The molecule has 4 nitrogen and oxygen atoms in total. The van der Waals surface area contributed by atoms with E-state index in [4.69, 9.17) is 4.98 Å². The number of hydrogen-bond acceptors (Lipinski definition) is 3. The maximum atomic E-state index is 10.2. The van der Waals surface area contributed by atoms with E-state index in [1.54, 1.807) is 0 Å². The third-order valence-electron chi connectivity index (χ3n) is 9.35. The number of fused-ring (bicyclic) bond motifs is 10. The van der Waals surface area contributed by atoms with Gasteiger partial charge in [0.1, 0.15) is 5.65 Å². The molecule has 0 amide bonds. The van der Waals surface area contributed by atoms with Crippen LogP contribution in [-0.2, 0) is 0 Å². The normalized spacial score (nSPS) is 11.8. The van der Waals surface area contributed by atoms with Gasteiger partial charge in [0.25, 0.3) is 0 Å². The monoisotopic (exact) mass is 616 g/mol. The molecule has 4 heterocycles. The number of aromatic nitrogens is 3. The van der Waals surface area contributed by atoms with E-state index in [9.17, 15) is 5.26 Å². The second-order valence-corrected chi connectivity index (χ2v) is 13.0. The fraction of sp³-hybridized carbons (Fsp3) is 0. The highest BCUT2D eigenvalue weighted by Crippen LogP contribution is 2.43.